The van der Waals surface area contributed by atoms with Gasteiger partial charge in [0.2, 0.25) is 5.91 Å². The summed E-state index contributed by atoms with van der Waals surface area (Å²) in [5.41, 5.74) is 3.46. The first kappa shape index (κ1) is 25.3. The van der Waals surface area contributed by atoms with Crippen LogP contribution in [-0.2, 0) is 4.79 Å². The van der Waals surface area contributed by atoms with Gasteiger partial charge in [-0.25, -0.2) is 0 Å². The highest BCUT2D eigenvalue weighted by atomic mass is 35.5. The number of benzene rings is 2. The lowest BCUT2D eigenvalue weighted by Gasteiger charge is -2.25. The number of anilines is 1. The predicted molar refractivity (Wildman–Crippen MR) is 151 cm³/mol. The molecule has 188 valence electrons. The predicted octanol–water partition coefficient (Wildman–Crippen LogP) is 6.96. The molecule has 2 atom stereocenters. The van der Waals surface area contributed by atoms with E-state index in [1.54, 1.807) is 18.3 Å². The number of hydrogen-bond acceptors (Lipinski definition) is 4. The quantitative estimate of drug-likeness (QED) is 0.242. The summed E-state index contributed by atoms with van der Waals surface area (Å²) < 4.78 is 6.32. The highest BCUT2D eigenvalue weighted by Crippen LogP contribution is 2.41. The third kappa shape index (κ3) is 5.64. The Bertz CT molecular complexity index is 1430. The maximum atomic E-state index is 12.7. The molecule has 2 aromatic carbocycles. The van der Waals surface area contributed by atoms with E-state index in [4.69, 9.17) is 39.8 Å². The Morgan fingerprint density at radius 2 is 1.92 bits per heavy atom. The summed E-state index contributed by atoms with van der Waals surface area (Å²) in [5.74, 6) is 1.20. The molecule has 4 aromatic rings. The fourth-order valence-corrected chi connectivity index (χ4v) is 5.22. The van der Waals surface area contributed by atoms with Crippen LogP contribution in [0, 0.1) is 6.92 Å². The molecule has 6 nitrogen and oxygen atoms in total. The Labute approximate surface area is 230 Å². The summed E-state index contributed by atoms with van der Waals surface area (Å²) in [7, 11) is 0. The smallest absolute Gasteiger partial charge is 0.226 e. The van der Waals surface area contributed by atoms with Crippen LogP contribution in [0.4, 0.5) is 5.69 Å². The van der Waals surface area contributed by atoms with Crippen molar-refractivity contribution < 1.29 is 9.21 Å². The molecule has 1 aliphatic heterocycles. The second-order valence-corrected chi connectivity index (χ2v) is 10.0. The third-order valence-corrected chi connectivity index (χ3v) is 7.13. The number of carbonyl (C=O) groups is 1. The third-order valence-electron chi connectivity index (χ3n) is 6.23. The van der Waals surface area contributed by atoms with E-state index in [9.17, 15) is 4.79 Å². The Morgan fingerprint density at radius 3 is 2.65 bits per heavy atom. The Balaban J connectivity index is 1.40. The highest BCUT2D eigenvalue weighted by molar-refractivity contribution is 7.80. The van der Waals surface area contributed by atoms with Crippen LogP contribution in [0.2, 0.25) is 10.0 Å². The van der Waals surface area contributed by atoms with Crippen molar-refractivity contribution in [1.82, 2.24) is 15.2 Å². The summed E-state index contributed by atoms with van der Waals surface area (Å²) in [4.78, 5) is 19.3. The second-order valence-electron chi connectivity index (χ2n) is 8.81. The van der Waals surface area contributed by atoms with E-state index in [1.165, 1.54) is 0 Å². The number of rotatable bonds is 7. The van der Waals surface area contributed by atoms with Gasteiger partial charge in [0.05, 0.1) is 16.8 Å². The van der Waals surface area contributed by atoms with Crippen molar-refractivity contribution in [3.63, 3.8) is 0 Å². The number of pyridine rings is 1. The first-order valence-electron chi connectivity index (χ1n) is 11.8. The van der Waals surface area contributed by atoms with Crippen LogP contribution < -0.4 is 10.6 Å². The molecular formula is C28H24Cl2N4O2S. The van der Waals surface area contributed by atoms with Gasteiger partial charge < -0.3 is 20.0 Å². The summed E-state index contributed by atoms with van der Waals surface area (Å²) >= 11 is 18.2. The van der Waals surface area contributed by atoms with Crippen LogP contribution in [-0.4, -0.2) is 27.4 Å². The zero-order valence-electron chi connectivity index (χ0n) is 19.9. The lowest BCUT2D eigenvalue weighted by atomic mass is 10.0. The van der Waals surface area contributed by atoms with Crippen LogP contribution in [0.25, 0.3) is 11.3 Å². The standard InChI is InChI=1S/C28H24Cl2N4O2S/c1-17-5-8-19(9-6-17)32-25(35)13-15-34-27(26(33-28(34)37)22-4-2-3-14-31-22)24-12-11-23(36-24)20-10-7-18(29)16-21(20)30/h2-12,14,16,26-27H,13,15H2,1H3,(H,32,35)(H,33,37)/t26-,27+/m0/s1. The van der Waals surface area contributed by atoms with E-state index in [2.05, 4.69) is 15.6 Å². The van der Waals surface area contributed by atoms with Crippen LogP contribution >= 0.6 is 35.4 Å². The maximum Gasteiger partial charge on any atom is 0.226 e. The van der Waals surface area contributed by atoms with Crippen molar-refractivity contribution in [3.8, 4) is 11.3 Å². The van der Waals surface area contributed by atoms with E-state index in [-0.39, 0.29) is 24.4 Å². The zero-order chi connectivity index (χ0) is 25.9. The number of hydrogen-bond donors (Lipinski definition) is 2. The van der Waals surface area contributed by atoms with E-state index >= 15 is 0 Å². The topological polar surface area (TPSA) is 70.4 Å². The molecule has 0 bridgehead atoms. The van der Waals surface area contributed by atoms with Gasteiger partial charge in [-0.3, -0.25) is 9.78 Å². The molecule has 1 saturated heterocycles. The van der Waals surface area contributed by atoms with Gasteiger partial charge in [-0.2, -0.15) is 0 Å². The van der Waals surface area contributed by atoms with Gasteiger partial charge in [0.1, 0.15) is 17.6 Å². The molecule has 37 heavy (non-hydrogen) atoms. The number of aryl methyl sites for hydroxylation is 1. The Morgan fingerprint density at radius 1 is 1.11 bits per heavy atom. The van der Waals surface area contributed by atoms with Crippen molar-refractivity contribution in [1.29, 1.82) is 0 Å². The van der Waals surface area contributed by atoms with Crippen molar-refractivity contribution in [2.45, 2.75) is 25.4 Å². The summed E-state index contributed by atoms with van der Waals surface area (Å²) in [6.07, 6.45) is 1.99. The van der Waals surface area contributed by atoms with Crippen molar-refractivity contribution in [2.24, 2.45) is 0 Å². The average molecular weight is 551 g/mol. The van der Waals surface area contributed by atoms with E-state index in [1.807, 2.05) is 72.5 Å². The molecule has 2 N–H and O–H groups in total. The van der Waals surface area contributed by atoms with Gasteiger partial charge in [-0.1, -0.05) is 47.0 Å². The molecule has 0 saturated carbocycles. The molecule has 5 rings (SSSR count). The number of nitrogens with zero attached hydrogens (tertiary/aromatic N) is 2. The summed E-state index contributed by atoms with van der Waals surface area (Å²) in [6, 6.07) is 22.0. The number of amides is 1. The minimum atomic E-state index is -0.311. The fraction of sp³-hybridized carbons (Fsp3) is 0.179. The van der Waals surface area contributed by atoms with Gasteiger partial charge in [0.25, 0.3) is 0 Å². The number of thiocarbonyl (C=S) groups is 1. The van der Waals surface area contributed by atoms with Gasteiger partial charge >= 0.3 is 0 Å². The molecule has 9 heteroatoms. The van der Waals surface area contributed by atoms with Crippen LogP contribution in [0.3, 0.4) is 0 Å². The molecule has 0 unspecified atom stereocenters. The van der Waals surface area contributed by atoms with E-state index < -0.39 is 0 Å². The first-order valence-corrected chi connectivity index (χ1v) is 13.0. The van der Waals surface area contributed by atoms with Crippen molar-refractivity contribution in [3.05, 3.63) is 106 Å². The lowest BCUT2D eigenvalue weighted by Crippen LogP contribution is -2.32. The summed E-state index contributed by atoms with van der Waals surface area (Å²) in [6.45, 7) is 2.40. The monoisotopic (exact) mass is 550 g/mol. The molecule has 0 spiro atoms. The van der Waals surface area contributed by atoms with Crippen LogP contribution in [0.15, 0.2) is 83.4 Å². The largest absolute Gasteiger partial charge is 0.459 e. The minimum absolute atomic E-state index is 0.0974. The Kier molecular flexibility index (Phi) is 7.46. The van der Waals surface area contributed by atoms with Crippen LogP contribution in [0.1, 0.15) is 35.5 Å². The number of halogens is 2. The highest BCUT2D eigenvalue weighted by Gasteiger charge is 2.41. The van der Waals surface area contributed by atoms with E-state index in [0.29, 0.717) is 33.2 Å². The molecule has 1 fully saturated rings. The number of aromatic nitrogens is 1. The molecule has 0 aliphatic carbocycles. The average Bonchev–Trinajstić information content (AvgIpc) is 3.49. The van der Waals surface area contributed by atoms with Crippen LogP contribution in [0.5, 0.6) is 0 Å². The maximum absolute atomic E-state index is 12.7. The molecule has 3 heterocycles. The first-order chi connectivity index (χ1) is 17.9. The molecular weight excluding hydrogens is 527 g/mol. The van der Waals surface area contributed by atoms with Gasteiger partial charge in [-0.05, 0) is 73.7 Å². The number of carbonyl (C=O) groups excluding carboxylic acids is 1. The molecule has 2 aromatic heterocycles. The molecule has 1 aliphatic rings. The van der Waals surface area contributed by atoms with E-state index in [0.717, 1.165) is 22.5 Å². The Hall–Kier alpha value is -3.39. The second kappa shape index (κ2) is 10.9. The summed E-state index contributed by atoms with van der Waals surface area (Å²) in [5, 5.41) is 7.91. The zero-order valence-corrected chi connectivity index (χ0v) is 22.3. The minimum Gasteiger partial charge on any atom is -0.459 e. The SMILES string of the molecule is Cc1ccc(NC(=O)CCN2C(=S)N[C@@H](c3ccccn3)[C@H]2c2ccc(-c3ccc(Cl)cc3Cl)o2)cc1. The van der Waals surface area contributed by atoms with Gasteiger partial charge in [0.15, 0.2) is 5.11 Å². The van der Waals surface area contributed by atoms with Gasteiger partial charge in [0, 0.05) is 35.4 Å². The number of furan rings is 1. The van der Waals surface area contributed by atoms with Crippen molar-refractivity contribution >= 4 is 52.1 Å². The lowest BCUT2D eigenvalue weighted by molar-refractivity contribution is -0.116. The molecule has 0 radical (unpaired) electrons. The normalized spacial score (nSPS) is 17.1. The van der Waals surface area contributed by atoms with Crippen molar-refractivity contribution in [2.75, 3.05) is 11.9 Å². The van der Waals surface area contributed by atoms with Gasteiger partial charge in [-0.15, -0.1) is 0 Å². The number of nitrogens with one attached hydrogen (secondary N) is 2. The molecule has 1 amide bonds. The fourth-order valence-electron chi connectivity index (χ4n) is 4.38.